The Balaban J connectivity index is 1.57. The monoisotopic (exact) mass is 346 g/mol. The van der Waals surface area contributed by atoms with Crippen LogP contribution in [0.4, 0.5) is 11.4 Å². The van der Waals surface area contributed by atoms with Crippen LogP contribution in [0.15, 0.2) is 84.9 Å². The van der Waals surface area contributed by atoms with Crippen LogP contribution in [0.2, 0.25) is 0 Å². The fourth-order valence-electron chi connectivity index (χ4n) is 2.58. The van der Waals surface area contributed by atoms with Crippen molar-refractivity contribution in [3.05, 3.63) is 84.9 Å². The number of ether oxygens (including phenoxy) is 1. The van der Waals surface area contributed by atoms with Gasteiger partial charge in [0.15, 0.2) is 5.75 Å². The highest BCUT2D eigenvalue weighted by Gasteiger charge is 2.11. The first-order valence-electron chi connectivity index (χ1n) is 8.61. The van der Waals surface area contributed by atoms with Crippen molar-refractivity contribution in [3.8, 4) is 11.5 Å². The normalized spacial score (nSPS) is 10.2. The van der Waals surface area contributed by atoms with Gasteiger partial charge in [-0.2, -0.15) is 0 Å². The van der Waals surface area contributed by atoms with Crippen molar-refractivity contribution in [2.75, 3.05) is 23.8 Å². The number of nitrogens with one attached hydrogen (secondary N) is 1. The quantitative estimate of drug-likeness (QED) is 0.658. The van der Waals surface area contributed by atoms with Gasteiger partial charge in [-0.1, -0.05) is 48.5 Å². The van der Waals surface area contributed by atoms with Crippen LogP contribution in [0.3, 0.4) is 0 Å². The molecule has 132 valence electrons. The second-order valence-corrected chi connectivity index (χ2v) is 5.88. The van der Waals surface area contributed by atoms with Gasteiger partial charge in [-0.3, -0.25) is 4.79 Å². The predicted octanol–water partition coefficient (Wildman–Crippen LogP) is 4.94. The van der Waals surface area contributed by atoms with Gasteiger partial charge in [0.25, 0.3) is 0 Å². The standard InChI is InChI=1S/C22H22N2O2/c1-24(18-10-4-2-5-11-18)22(25)16-17-23-20-14-8-9-15-21(20)26-19-12-6-3-7-13-19/h2-15,23H,16-17H2,1H3. The minimum absolute atomic E-state index is 0.0603. The minimum Gasteiger partial charge on any atom is -0.455 e. The fourth-order valence-corrected chi connectivity index (χ4v) is 2.58. The maximum Gasteiger partial charge on any atom is 0.228 e. The van der Waals surface area contributed by atoms with Crippen LogP contribution in [-0.2, 0) is 4.79 Å². The van der Waals surface area contributed by atoms with Crippen LogP contribution in [0.5, 0.6) is 11.5 Å². The number of rotatable bonds is 7. The molecule has 0 bridgehead atoms. The Labute approximate surface area is 154 Å². The summed E-state index contributed by atoms with van der Waals surface area (Å²) < 4.78 is 5.93. The lowest BCUT2D eigenvalue weighted by molar-refractivity contribution is -0.118. The number of amides is 1. The molecule has 0 spiro atoms. The van der Waals surface area contributed by atoms with Crippen LogP contribution in [0, 0.1) is 0 Å². The number of para-hydroxylation sites is 4. The molecular weight excluding hydrogens is 324 g/mol. The minimum atomic E-state index is 0.0603. The van der Waals surface area contributed by atoms with Gasteiger partial charge in [0, 0.05) is 25.7 Å². The average Bonchev–Trinajstić information content (AvgIpc) is 2.70. The van der Waals surface area contributed by atoms with E-state index in [2.05, 4.69) is 5.32 Å². The van der Waals surface area contributed by atoms with E-state index < -0.39 is 0 Å². The van der Waals surface area contributed by atoms with Gasteiger partial charge in [-0.05, 0) is 36.4 Å². The second-order valence-electron chi connectivity index (χ2n) is 5.88. The molecule has 3 aromatic carbocycles. The molecule has 0 atom stereocenters. The lowest BCUT2D eigenvalue weighted by Gasteiger charge is -2.18. The molecule has 3 aromatic rings. The number of hydrogen-bond acceptors (Lipinski definition) is 3. The summed E-state index contributed by atoms with van der Waals surface area (Å²) in [5, 5.41) is 3.30. The van der Waals surface area contributed by atoms with E-state index in [1.165, 1.54) is 0 Å². The molecule has 1 amide bonds. The smallest absolute Gasteiger partial charge is 0.228 e. The molecule has 0 aliphatic rings. The van der Waals surface area contributed by atoms with Gasteiger partial charge in [-0.25, -0.2) is 0 Å². The summed E-state index contributed by atoms with van der Waals surface area (Å²) in [6, 6.07) is 27.0. The average molecular weight is 346 g/mol. The van der Waals surface area contributed by atoms with Crippen LogP contribution in [-0.4, -0.2) is 19.5 Å². The second kappa shape index (κ2) is 8.72. The maximum absolute atomic E-state index is 12.4. The molecule has 0 saturated carbocycles. The number of carbonyl (C=O) groups excluding carboxylic acids is 1. The Bertz CT molecular complexity index is 835. The molecule has 4 nitrogen and oxygen atoms in total. The van der Waals surface area contributed by atoms with Gasteiger partial charge in [0.05, 0.1) is 5.69 Å². The third-order valence-electron chi connectivity index (χ3n) is 4.03. The topological polar surface area (TPSA) is 41.6 Å². The van der Waals surface area contributed by atoms with Crippen molar-refractivity contribution in [2.24, 2.45) is 0 Å². The first kappa shape index (κ1) is 17.5. The molecule has 0 aliphatic carbocycles. The van der Waals surface area contributed by atoms with E-state index in [1.54, 1.807) is 11.9 Å². The number of carbonyl (C=O) groups is 1. The summed E-state index contributed by atoms with van der Waals surface area (Å²) in [6.07, 6.45) is 0.394. The third kappa shape index (κ3) is 4.63. The summed E-state index contributed by atoms with van der Waals surface area (Å²) in [5.74, 6) is 1.58. The summed E-state index contributed by atoms with van der Waals surface area (Å²) in [4.78, 5) is 14.0. The number of hydrogen-bond donors (Lipinski definition) is 1. The first-order valence-corrected chi connectivity index (χ1v) is 8.61. The fraction of sp³-hybridized carbons (Fsp3) is 0.136. The molecule has 26 heavy (non-hydrogen) atoms. The molecule has 0 fully saturated rings. The van der Waals surface area contributed by atoms with E-state index in [0.29, 0.717) is 13.0 Å². The van der Waals surface area contributed by atoms with E-state index in [9.17, 15) is 4.79 Å². The van der Waals surface area contributed by atoms with Gasteiger partial charge in [0.2, 0.25) is 5.91 Å². The Morgan fingerprint density at radius 3 is 2.23 bits per heavy atom. The van der Waals surface area contributed by atoms with Gasteiger partial charge >= 0.3 is 0 Å². The highest BCUT2D eigenvalue weighted by molar-refractivity contribution is 5.93. The van der Waals surface area contributed by atoms with E-state index in [4.69, 9.17) is 4.74 Å². The van der Waals surface area contributed by atoms with Crippen molar-refractivity contribution < 1.29 is 9.53 Å². The maximum atomic E-state index is 12.4. The van der Waals surface area contributed by atoms with Crippen molar-refractivity contribution >= 4 is 17.3 Å². The molecule has 0 unspecified atom stereocenters. The lowest BCUT2D eigenvalue weighted by Crippen LogP contribution is -2.27. The summed E-state index contributed by atoms with van der Waals surface area (Å²) in [6.45, 7) is 0.533. The molecule has 4 heteroatoms. The number of benzene rings is 3. The summed E-state index contributed by atoms with van der Waals surface area (Å²) in [5.41, 5.74) is 1.76. The zero-order valence-electron chi connectivity index (χ0n) is 14.8. The van der Waals surface area contributed by atoms with Crippen LogP contribution in [0.1, 0.15) is 6.42 Å². The lowest BCUT2D eigenvalue weighted by atomic mass is 10.2. The highest BCUT2D eigenvalue weighted by Crippen LogP contribution is 2.29. The number of anilines is 2. The first-order chi connectivity index (χ1) is 12.7. The van der Waals surface area contributed by atoms with Crippen LogP contribution >= 0.6 is 0 Å². The largest absolute Gasteiger partial charge is 0.455 e. The van der Waals surface area contributed by atoms with Gasteiger partial charge in [-0.15, -0.1) is 0 Å². The zero-order valence-corrected chi connectivity index (χ0v) is 14.8. The molecule has 3 rings (SSSR count). The molecule has 0 radical (unpaired) electrons. The van der Waals surface area contributed by atoms with Crippen LogP contribution < -0.4 is 15.0 Å². The number of nitrogens with zero attached hydrogens (tertiary/aromatic N) is 1. The molecule has 1 N–H and O–H groups in total. The highest BCUT2D eigenvalue weighted by atomic mass is 16.5. The van der Waals surface area contributed by atoms with Crippen LogP contribution in [0.25, 0.3) is 0 Å². The van der Waals surface area contributed by atoms with E-state index in [1.807, 2.05) is 84.9 Å². The van der Waals surface area contributed by atoms with E-state index >= 15 is 0 Å². The Morgan fingerprint density at radius 1 is 0.885 bits per heavy atom. The molecule has 0 aromatic heterocycles. The van der Waals surface area contributed by atoms with Crippen molar-refractivity contribution in [1.29, 1.82) is 0 Å². The summed E-state index contributed by atoms with van der Waals surface area (Å²) in [7, 11) is 1.80. The molecule has 0 saturated heterocycles. The Morgan fingerprint density at radius 2 is 1.50 bits per heavy atom. The van der Waals surface area contributed by atoms with E-state index in [-0.39, 0.29) is 5.91 Å². The molecule has 0 heterocycles. The van der Waals surface area contributed by atoms with Crippen molar-refractivity contribution in [1.82, 2.24) is 0 Å². The SMILES string of the molecule is CN(C(=O)CCNc1ccccc1Oc1ccccc1)c1ccccc1. The Kier molecular flexibility index (Phi) is 5.88. The summed E-state index contributed by atoms with van der Waals surface area (Å²) >= 11 is 0. The third-order valence-corrected chi connectivity index (χ3v) is 4.03. The van der Waals surface area contributed by atoms with Gasteiger partial charge in [0.1, 0.15) is 5.75 Å². The Hall–Kier alpha value is -3.27. The van der Waals surface area contributed by atoms with E-state index in [0.717, 1.165) is 22.9 Å². The van der Waals surface area contributed by atoms with Gasteiger partial charge < -0.3 is 15.0 Å². The molecular formula is C22H22N2O2. The molecule has 0 aliphatic heterocycles. The zero-order chi connectivity index (χ0) is 18.2. The van der Waals surface area contributed by atoms with Crippen molar-refractivity contribution in [2.45, 2.75) is 6.42 Å². The predicted molar refractivity (Wildman–Crippen MR) is 106 cm³/mol. The van der Waals surface area contributed by atoms with Crippen molar-refractivity contribution in [3.63, 3.8) is 0 Å².